The van der Waals surface area contributed by atoms with Gasteiger partial charge in [0.15, 0.2) is 0 Å². The third-order valence-corrected chi connectivity index (χ3v) is 2.51. The smallest absolute Gasteiger partial charge is 0.131 e. The lowest BCUT2D eigenvalue weighted by atomic mass is 10.1. The monoisotopic (exact) mass is 191 g/mol. The average Bonchev–Trinajstić information content (AvgIpc) is 2.15. The van der Waals surface area contributed by atoms with Gasteiger partial charge in [0, 0.05) is 5.39 Å². The lowest BCUT2D eigenvalue weighted by Crippen LogP contribution is -1.89. The standard InChI is InChI=1S/C10H9NOS/c11-9-7-4-2-1-3-6(7)5-8(12)10(9)13/h1-5,12-13H,11H2. The van der Waals surface area contributed by atoms with Crippen LogP contribution in [0.1, 0.15) is 0 Å². The molecule has 0 fully saturated rings. The van der Waals surface area contributed by atoms with E-state index in [0.29, 0.717) is 10.6 Å². The van der Waals surface area contributed by atoms with Crippen molar-refractivity contribution in [3.8, 4) is 5.75 Å². The van der Waals surface area contributed by atoms with Crippen molar-refractivity contribution >= 4 is 29.1 Å². The van der Waals surface area contributed by atoms with Crippen molar-refractivity contribution in [1.82, 2.24) is 0 Å². The maximum absolute atomic E-state index is 9.44. The zero-order valence-corrected chi connectivity index (χ0v) is 7.75. The molecule has 0 radical (unpaired) electrons. The van der Waals surface area contributed by atoms with E-state index in [2.05, 4.69) is 12.6 Å². The molecule has 0 bridgehead atoms. The average molecular weight is 191 g/mol. The van der Waals surface area contributed by atoms with Crippen LogP contribution in [0, 0.1) is 0 Å². The van der Waals surface area contributed by atoms with Crippen LogP contribution in [-0.2, 0) is 0 Å². The minimum Gasteiger partial charge on any atom is -0.507 e. The van der Waals surface area contributed by atoms with Crippen LogP contribution in [0.3, 0.4) is 0 Å². The maximum atomic E-state index is 9.44. The number of fused-ring (bicyclic) bond motifs is 1. The largest absolute Gasteiger partial charge is 0.507 e. The summed E-state index contributed by atoms with van der Waals surface area (Å²) in [6.07, 6.45) is 0. The van der Waals surface area contributed by atoms with Gasteiger partial charge in [0.1, 0.15) is 5.75 Å². The Morgan fingerprint density at radius 3 is 2.69 bits per heavy atom. The van der Waals surface area contributed by atoms with Crippen molar-refractivity contribution in [2.24, 2.45) is 0 Å². The molecule has 2 aromatic rings. The van der Waals surface area contributed by atoms with E-state index in [1.54, 1.807) is 6.07 Å². The first kappa shape index (κ1) is 8.26. The summed E-state index contributed by atoms with van der Waals surface area (Å²) in [6.45, 7) is 0. The van der Waals surface area contributed by atoms with Gasteiger partial charge < -0.3 is 10.8 Å². The first-order chi connectivity index (χ1) is 6.20. The van der Waals surface area contributed by atoms with E-state index in [9.17, 15) is 5.11 Å². The molecule has 66 valence electrons. The number of hydrogen-bond acceptors (Lipinski definition) is 3. The highest BCUT2D eigenvalue weighted by Gasteiger charge is 2.05. The van der Waals surface area contributed by atoms with E-state index in [0.717, 1.165) is 10.8 Å². The molecule has 13 heavy (non-hydrogen) atoms. The summed E-state index contributed by atoms with van der Waals surface area (Å²) in [5.74, 6) is 0.125. The quantitative estimate of drug-likeness (QED) is 0.442. The van der Waals surface area contributed by atoms with E-state index in [1.807, 2.05) is 24.3 Å². The van der Waals surface area contributed by atoms with E-state index in [1.165, 1.54) is 0 Å². The van der Waals surface area contributed by atoms with Gasteiger partial charge in [0.2, 0.25) is 0 Å². The molecule has 3 N–H and O–H groups in total. The number of phenols is 1. The number of aromatic hydroxyl groups is 1. The highest BCUT2D eigenvalue weighted by atomic mass is 32.1. The fourth-order valence-corrected chi connectivity index (χ4v) is 1.53. The third-order valence-electron chi connectivity index (χ3n) is 2.04. The molecule has 0 amide bonds. The van der Waals surface area contributed by atoms with E-state index in [4.69, 9.17) is 5.73 Å². The van der Waals surface area contributed by atoms with Crippen molar-refractivity contribution in [2.45, 2.75) is 4.90 Å². The number of hydrogen-bond donors (Lipinski definition) is 3. The molecule has 2 rings (SSSR count). The van der Waals surface area contributed by atoms with Crippen molar-refractivity contribution in [2.75, 3.05) is 5.73 Å². The number of phenolic OH excluding ortho intramolecular Hbond substituents is 1. The first-order valence-electron chi connectivity index (χ1n) is 3.89. The zero-order chi connectivity index (χ0) is 9.42. The third kappa shape index (κ3) is 1.21. The molecule has 0 saturated carbocycles. The summed E-state index contributed by atoms with van der Waals surface area (Å²) in [5.41, 5.74) is 6.31. The summed E-state index contributed by atoms with van der Waals surface area (Å²) >= 11 is 4.11. The van der Waals surface area contributed by atoms with Crippen LogP contribution in [0.2, 0.25) is 0 Å². The fourth-order valence-electron chi connectivity index (χ4n) is 1.35. The molecule has 0 saturated heterocycles. The van der Waals surface area contributed by atoms with E-state index < -0.39 is 0 Å². The fraction of sp³-hybridized carbons (Fsp3) is 0. The number of thiol groups is 1. The van der Waals surface area contributed by atoms with Crippen molar-refractivity contribution < 1.29 is 5.11 Å². The van der Waals surface area contributed by atoms with E-state index in [-0.39, 0.29) is 5.75 Å². The Morgan fingerprint density at radius 1 is 1.23 bits per heavy atom. The minimum absolute atomic E-state index is 0.125. The van der Waals surface area contributed by atoms with Crippen LogP contribution >= 0.6 is 12.6 Å². The number of benzene rings is 2. The minimum atomic E-state index is 0.125. The molecule has 3 heteroatoms. The summed E-state index contributed by atoms with van der Waals surface area (Å²) in [5, 5.41) is 11.3. The van der Waals surface area contributed by atoms with Crippen LogP contribution in [-0.4, -0.2) is 5.11 Å². The van der Waals surface area contributed by atoms with Gasteiger partial charge in [-0.15, -0.1) is 12.6 Å². The Balaban J connectivity index is 2.94. The number of nitrogens with two attached hydrogens (primary N) is 1. The number of anilines is 1. The van der Waals surface area contributed by atoms with Gasteiger partial charge in [0.05, 0.1) is 10.6 Å². The van der Waals surface area contributed by atoms with Crippen LogP contribution < -0.4 is 5.73 Å². The highest BCUT2D eigenvalue weighted by molar-refractivity contribution is 7.80. The number of rotatable bonds is 0. The van der Waals surface area contributed by atoms with Gasteiger partial charge in [-0.05, 0) is 11.5 Å². The second-order valence-corrected chi connectivity index (χ2v) is 3.33. The molecule has 0 unspecified atom stereocenters. The van der Waals surface area contributed by atoms with Gasteiger partial charge >= 0.3 is 0 Å². The summed E-state index contributed by atoms with van der Waals surface area (Å²) in [7, 11) is 0. The normalized spacial score (nSPS) is 10.5. The summed E-state index contributed by atoms with van der Waals surface area (Å²) in [6, 6.07) is 9.28. The Morgan fingerprint density at radius 2 is 1.92 bits per heavy atom. The summed E-state index contributed by atoms with van der Waals surface area (Å²) in [4.78, 5) is 0.443. The van der Waals surface area contributed by atoms with Gasteiger partial charge in [-0.1, -0.05) is 24.3 Å². The van der Waals surface area contributed by atoms with Crippen LogP contribution in [0.5, 0.6) is 5.75 Å². The second kappa shape index (κ2) is 2.85. The Bertz CT molecular complexity index is 468. The summed E-state index contributed by atoms with van der Waals surface area (Å²) < 4.78 is 0. The van der Waals surface area contributed by atoms with E-state index >= 15 is 0 Å². The van der Waals surface area contributed by atoms with Crippen molar-refractivity contribution in [1.29, 1.82) is 0 Å². The molecule has 0 spiro atoms. The van der Waals surface area contributed by atoms with Gasteiger partial charge in [-0.25, -0.2) is 0 Å². The molecular formula is C10H9NOS. The topological polar surface area (TPSA) is 46.2 Å². The molecular weight excluding hydrogens is 182 g/mol. The van der Waals surface area contributed by atoms with Crippen LogP contribution in [0.4, 0.5) is 5.69 Å². The molecule has 0 aliphatic rings. The maximum Gasteiger partial charge on any atom is 0.131 e. The molecule has 0 atom stereocenters. The predicted molar refractivity (Wildman–Crippen MR) is 57.3 cm³/mol. The Hall–Kier alpha value is -1.35. The van der Waals surface area contributed by atoms with Crippen molar-refractivity contribution in [3.05, 3.63) is 30.3 Å². The molecule has 2 aromatic carbocycles. The molecule has 0 aliphatic heterocycles. The number of nitrogen functional groups attached to an aromatic ring is 1. The lowest BCUT2D eigenvalue weighted by molar-refractivity contribution is 0.464. The Kier molecular flexibility index (Phi) is 1.81. The Labute approximate surface area is 81.4 Å². The van der Waals surface area contributed by atoms with Crippen LogP contribution in [0.25, 0.3) is 10.8 Å². The SMILES string of the molecule is Nc1c(S)c(O)cc2ccccc12. The van der Waals surface area contributed by atoms with Crippen LogP contribution in [0.15, 0.2) is 35.2 Å². The predicted octanol–water partition coefficient (Wildman–Crippen LogP) is 2.42. The lowest BCUT2D eigenvalue weighted by Gasteiger charge is -2.06. The molecule has 0 heterocycles. The zero-order valence-electron chi connectivity index (χ0n) is 6.86. The molecule has 0 aromatic heterocycles. The molecule has 0 aliphatic carbocycles. The van der Waals surface area contributed by atoms with Crippen molar-refractivity contribution in [3.63, 3.8) is 0 Å². The van der Waals surface area contributed by atoms with Gasteiger partial charge in [-0.3, -0.25) is 0 Å². The highest BCUT2D eigenvalue weighted by Crippen LogP contribution is 2.34. The molecule has 2 nitrogen and oxygen atoms in total. The first-order valence-corrected chi connectivity index (χ1v) is 4.34. The second-order valence-electron chi connectivity index (χ2n) is 2.88. The van der Waals surface area contributed by atoms with Gasteiger partial charge in [-0.2, -0.15) is 0 Å². The van der Waals surface area contributed by atoms with Gasteiger partial charge in [0.25, 0.3) is 0 Å².